The normalized spacial score (nSPS) is 19.8. The third kappa shape index (κ3) is 3.70. The van der Waals surface area contributed by atoms with Crippen LogP contribution in [0.15, 0.2) is 0 Å². The molecule has 8 heteroatoms. The number of aryl methyl sites for hydroxylation is 1. The van der Waals surface area contributed by atoms with Crippen molar-refractivity contribution < 1.29 is 13.2 Å². The van der Waals surface area contributed by atoms with Gasteiger partial charge in [0.1, 0.15) is 0 Å². The molecule has 0 bridgehead atoms. The van der Waals surface area contributed by atoms with Gasteiger partial charge in [-0.05, 0) is 25.3 Å². The molecule has 2 aliphatic rings. The van der Waals surface area contributed by atoms with Crippen LogP contribution in [0.25, 0.3) is 0 Å². The molecule has 1 aromatic heterocycles. The van der Waals surface area contributed by atoms with E-state index in [4.69, 9.17) is 9.72 Å². The van der Waals surface area contributed by atoms with E-state index < -0.39 is 10.0 Å². The smallest absolute Gasteiger partial charge is 0.225 e. The van der Waals surface area contributed by atoms with Gasteiger partial charge in [0.15, 0.2) is 0 Å². The van der Waals surface area contributed by atoms with Gasteiger partial charge in [-0.1, -0.05) is 6.92 Å². The minimum Gasteiger partial charge on any atom is -0.378 e. The standard InChI is InChI=1S/C16H26N4O3S/c1-3-12-24(21,22)20-6-4-14-13(2)17-16(18-15(14)5-7-20)19-8-10-23-11-9-19/h3-12H2,1-2H3. The van der Waals surface area contributed by atoms with E-state index in [9.17, 15) is 8.42 Å². The topological polar surface area (TPSA) is 75.6 Å². The molecule has 0 atom stereocenters. The Morgan fingerprint density at radius 2 is 1.79 bits per heavy atom. The summed E-state index contributed by atoms with van der Waals surface area (Å²) in [5.41, 5.74) is 3.08. The lowest BCUT2D eigenvalue weighted by Crippen LogP contribution is -2.37. The number of anilines is 1. The Hall–Kier alpha value is -1.25. The lowest BCUT2D eigenvalue weighted by atomic mass is 10.1. The third-order valence-corrected chi connectivity index (χ3v) is 6.72. The summed E-state index contributed by atoms with van der Waals surface area (Å²) in [7, 11) is -3.16. The van der Waals surface area contributed by atoms with Crippen LogP contribution in [0, 0.1) is 6.92 Å². The largest absolute Gasteiger partial charge is 0.378 e. The first-order valence-corrected chi connectivity index (χ1v) is 10.3. The first kappa shape index (κ1) is 17.6. The van der Waals surface area contributed by atoms with Crippen molar-refractivity contribution in [3.05, 3.63) is 17.0 Å². The van der Waals surface area contributed by atoms with Crippen LogP contribution in [-0.2, 0) is 27.6 Å². The van der Waals surface area contributed by atoms with E-state index in [1.54, 1.807) is 4.31 Å². The second kappa shape index (κ2) is 7.33. The maximum Gasteiger partial charge on any atom is 0.225 e. The van der Waals surface area contributed by atoms with Crippen molar-refractivity contribution in [2.45, 2.75) is 33.1 Å². The van der Waals surface area contributed by atoms with Gasteiger partial charge in [-0.2, -0.15) is 0 Å². The summed E-state index contributed by atoms with van der Waals surface area (Å²) in [6, 6.07) is 0. The molecular formula is C16H26N4O3S. The van der Waals surface area contributed by atoms with E-state index in [-0.39, 0.29) is 5.75 Å². The van der Waals surface area contributed by atoms with E-state index in [2.05, 4.69) is 9.88 Å². The molecule has 2 aliphatic heterocycles. The average Bonchev–Trinajstić information content (AvgIpc) is 2.79. The van der Waals surface area contributed by atoms with Crippen LogP contribution in [-0.4, -0.2) is 67.8 Å². The summed E-state index contributed by atoms with van der Waals surface area (Å²) >= 11 is 0. The highest BCUT2D eigenvalue weighted by atomic mass is 32.2. The fourth-order valence-electron chi connectivity index (χ4n) is 3.32. The highest BCUT2D eigenvalue weighted by Crippen LogP contribution is 2.22. The Bertz CT molecular complexity index is 687. The van der Waals surface area contributed by atoms with Crippen LogP contribution < -0.4 is 4.90 Å². The molecular weight excluding hydrogens is 328 g/mol. The molecule has 0 unspecified atom stereocenters. The zero-order chi connectivity index (χ0) is 17.2. The summed E-state index contributed by atoms with van der Waals surface area (Å²) in [5, 5.41) is 0. The van der Waals surface area contributed by atoms with E-state index >= 15 is 0 Å². The van der Waals surface area contributed by atoms with Crippen LogP contribution >= 0.6 is 0 Å². The molecule has 0 aliphatic carbocycles. The van der Waals surface area contributed by atoms with Crippen molar-refractivity contribution in [1.29, 1.82) is 0 Å². The Kier molecular flexibility index (Phi) is 5.36. The van der Waals surface area contributed by atoms with Gasteiger partial charge in [0.05, 0.1) is 24.7 Å². The molecule has 24 heavy (non-hydrogen) atoms. The number of morpholine rings is 1. The van der Waals surface area contributed by atoms with Crippen molar-refractivity contribution >= 4 is 16.0 Å². The Labute approximate surface area is 144 Å². The molecule has 1 fully saturated rings. The first-order valence-electron chi connectivity index (χ1n) is 8.68. The number of aromatic nitrogens is 2. The summed E-state index contributed by atoms with van der Waals surface area (Å²) in [6.07, 6.45) is 1.98. The van der Waals surface area contributed by atoms with Crippen molar-refractivity contribution in [2.75, 3.05) is 50.0 Å². The van der Waals surface area contributed by atoms with E-state index in [1.807, 2.05) is 13.8 Å². The fraction of sp³-hybridized carbons (Fsp3) is 0.750. The Morgan fingerprint density at radius 1 is 1.08 bits per heavy atom. The molecule has 0 spiro atoms. The molecule has 0 aromatic carbocycles. The number of ether oxygens (including phenoxy) is 1. The number of fused-ring (bicyclic) bond motifs is 1. The van der Waals surface area contributed by atoms with Crippen molar-refractivity contribution in [1.82, 2.24) is 14.3 Å². The lowest BCUT2D eigenvalue weighted by molar-refractivity contribution is 0.122. The second-order valence-corrected chi connectivity index (χ2v) is 8.44. The number of sulfonamides is 1. The van der Waals surface area contributed by atoms with Crippen LogP contribution in [0.4, 0.5) is 5.95 Å². The third-order valence-electron chi connectivity index (χ3n) is 4.65. The Morgan fingerprint density at radius 3 is 2.50 bits per heavy atom. The monoisotopic (exact) mass is 354 g/mol. The molecule has 0 amide bonds. The van der Waals surface area contributed by atoms with Gasteiger partial charge in [0, 0.05) is 38.3 Å². The molecule has 3 heterocycles. The van der Waals surface area contributed by atoms with Crippen molar-refractivity contribution in [2.24, 2.45) is 0 Å². The van der Waals surface area contributed by atoms with Gasteiger partial charge in [0.25, 0.3) is 0 Å². The van der Waals surface area contributed by atoms with Crippen molar-refractivity contribution in [3.8, 4) is 0 Å². The molecule has 1 saturated heterocycles. The molecule has 0 radical (unpaired) electrons. The van der Waals surface area contributed by atoms with E-state index in [0.29, 0.717) is 45.6 Å². The number of nitrogens with zero attached hydrogens (tertiary/aromatic N) is 4. The minimum absolute atomic E-state index is 0.215. The number of hydrogen-bond donors (Lipinski definition) is 0. The van der Waals surface area contributed by atoms with Gasteiger partial charge in [-0.3, -0.25) is 0 Å². The van der Waals surface area contributed by atoms with E-state index in [0.717, 1.165) is 36.0 Å². The van der Waals surface area contributed by atoms with Gasteiger partial charge >= 0.3 is 0 Å². The SMILES string of the molecule is CCCS(=O)(=O)N1CCc2nc(N3CCOCC3)nc(C)c2CC1. The quantitative estimate of drug-likeness (QED) is 0.795. The number of rotatable bonds is 4. The molecule has 7 nitrogen and oxygen atoms in total. The van der Waals surface area contributed by atoms with Gasteiger partial charge in [-0.15, -0.1) is 0 Å². The predicted octanol–water partition coefficient (Wildman–Crippen LogP) is 0.762. The minimum atomic E-state index is -3.16. The van der Waals surface area contributed by atoms with Gasteiger partial charge < -0.3 is 9.64 Å². The fourth-order valence-corrected chi connectivity index (χ4v) is 4.83. The van der Waals surface area contributed by atoms with Crippen LogP contribution in [0.2, 0.25) is 0 Å². The summed E-state index contributed by atoms with van der Waals surface area (Å²) in [4.78, 5) is 11.6. The Balaban J connectivity index is 1.82. The van der Waals surface area contributed by atoms with Crippen molar-refractivity contribution in [3.63, 3.8) is 0 Å². The highest BCUT2D eigenvalue weighted by Gasteiger charge is 2.26. The molecule has 1 aromatic rings. The van der Waals surface area contributed by atoms with Gasteiger partial charge in [-0.25, -0.2) is 22.7 Å². The molecule has 3 rings (SSSR count). The zero-order valence-electron chi connectivity index (χ0n) is 14.5. The summed E-state index contributed by atoms with van der Waals surface area (Å²) in [6.45, 7) is 7.93. The molecule has 0 N–H and O–H groups in total. The molecule has 0 saturated carbocycles. The average molecular weight is 354 g/mol. The molecule has 134 valence electrons. The van der Waals surface area contributed by atoms with Gasteiger partial charge in [0.2, 0.25) is 16.0 Å². The maximum absolute atomic E-state index is 12.4. The summed E-state index contributed by atoms with van der Waals surface area (Å²) in [5.74, 6) is 0.965. The lowest BCUT2D eigenvalue weighted by Gasteiger charge is -2.27. The van der Waals surface area contributed by atoms with Crippen LogP contribution in [0.3, 0.4) is 0 Å². The predicted molar refractivity (Wildman–Crippen MR) is 92.9 cm³/mol. The maximum atomic E-state index is 12.4. The van der Waals surface area contributed by atoms with Crippen LogP contribution in [0.5, 0.6) is 0 Å². The van der Waals surface area contributed by atoms with Crippen LogP contribution in [0.1, 0.15) is 30.3 Å². The summed E-state index contributed by atoms with van der Waals surface area (Å²) < 4.78 is 31.7. The second-order valence-electron chi connectivity index (χ2n) is 6.35. The first-order chi connectivity index (χ1) is 11.5. The number of hydrogen-bond acceptors (Lipinski definition) is 6. The zero-order valence-corrected chi connectivity index (χ0v) is 15.3. The van der Waals surface area contributed by atoms with E-state index in [1.165, 1.54) is 0 Å². The highest BCUT2D eigenvalue weighted by molar-refractivity contribution is 7.89.